The third-order valence-corrected chi connectivity index (χ3v) is 5.87. The number of hydrogen-bond acceptors (Lipinski definition) is 4. The van der Waals surface area contributed by atoms with Crippen LogP contribution in [0.5, 0.6) is 0 Å². The van der Waals surface area contributed by atoms with Crippen molar-refractivity contribution in [1.29, 1.82) is 0 Å². The van der Waals surface area contributed by atoms with Crippen LogP contribution in [0.15, 0.2) is 18.2 Å². The predicted molar refractivity (Wildman–Crippen MR) is 106 cm³/mol. The maximum Gasteiger partial charge on any atom is 0.239 e. The molecule has 0 saturated carbocycles. The fourth-order valence-corrected chi connectivity index (χ4v) is 4.21. The molecule has 2 aliphatic rings. The van der Waals surface area contributed by atoms with E-state index in [-0.39, 0.29) is 24.2 Å². The van der Waals surface area contributed by atoms with Crippen molar-refractivity contribution in [1.82, 2.24) is 9.80 Å². The fourth-order valence-electron chi connectivity index (χ4n) is 4.21. The first-order valence-electron chi connectivity index (χ1n) is 9.86. The molecule has 5 heteroatoms. The number of rotatable bonds is 3. The van der Waals surface area contributed by atoms with Crippen molar-refractivity contribution in [2.75, 3.05) is 44.2 Å². The van der Waals surface area contributed by atoms with Gasteiger partial charge in [0.2, 0.25) is 5.91 Å². The minimum Gasteiger partial charge on any atom is -0.372 e. The summed E-state index contributed by atoms with van der Waals surface area (Å²) in [5, 5.41) is 0. The first-order valence-corrected chi connectivity index (χ1v) is 9.86. The van der Waals surface area contributed by atoms with Crippen molar-refractivity contribution in [3.8, 4) is 0 Å². The standard InChI is InChI=1S/C21H33N3O2/c1-15-7-6-8-20(18(15)4)23-11-9-22(10-12-23)19(5)21(25)24-13-16(2)26-17(3)14-24/h6-8,16-17,19H,9-14H2,1-5H3/t16-,17+,19-/m0/s1. The van der Waals surface area contributed by atoms with Crippen LogP contribution in [0, 0.1) is 13.8 Å². The van der Waals surface area contributed by atoms with Gasteiger partial charge in [0, 0.05) is 45.0 Å². The van der Waals surface area contributed by atoms with Gasteiger partial charge in [0.25, 0.3) is 0 Å². The van der Waals surface area contributed by atoms with E-state index < -0.39 is 0 Å². The minimum absolute atomic E-state index is 0.0618. The van der Waals surface area contributed by atoms with Crippen molar-refractivity contribution < 1.29 is 9.53 Å². The van der Waals surface area contributed by atoms with E-state index in [4.69, 9.17) is 4.74 Å². The second kappa shape index (κ2) is 7.97. The molecule has 1 aromatic rings. The van der Waals surface area contributed by atoms with Gasteiger partial charge >= 0.3 is 0 Å². The number of carbonyl (C=O) groups is 1. The summed E-state index contributed by atoms with van der Waals surface area (Å²) < 4.78 is 5.76. The lowest BCUT2D eigenvalue weighted by molar-refractivity contribution is -0.148. The summed E-state index contributed by atoms with van der Waals surface area (Å²) in [5.74, 6) is 0.243. The lowest BCUT2D eigenvalue weighted by Gasteiger charge is -2.42. The van der Waals surface area contributed by atoms with Gasteiger partial charge in [-0.1, -0.05) is 12.1 Å². The van der Waals surface area contributed by atoms with Gasteiger partial charge in [0.05, 0.1) is 18.2 Å². The number of nitrogens with zero attached hydrogens (tertiary/aromatic N) is 3. The van der Waals surface area contributed by atoms with Gasteiger partial charge in [-0.05, 0) is 51.8 Å². The number of anilines is 1. The zero-order valence-electron chi connectivity index (χ0n) is 16.9. The van der Waals surface area contributed by atoms with Gasteiger partial charge in [-0.3, -0.25) is 9.69 Å². The molecule has 2 saturated heterocycles. The van der Waals surface area contributed by atoms with Crippen LogP contribution in [-0.4, -0.2) is 73.2 Å². The van der Waals surface area contributed by atoms with Gasteiger partial charge in [-0.2, -0.15) is 0 Å². The molecular formula is C21H33N3O2. The van der Waals surface area contributed by atoms with E-state index in [0.717, 1.165) is 26.2 Å². The molecule has 3 atom stereocenters. The molecule has 144 valence electrons. The molecular weight excluding hydrogens is 326 g/mol. The minimum atomic E-state index is -0.0618. The molecule has 0 bridgehead atoms. The summed E-state index contributed by atoms with van der Waals surface area (Å²) in [6.07, 6.45) is 0.243. The van der Waals surface area contributed by atoms with E-state index in [2.05, 4.69) is 48.8 Å². The van der Waals surface area contributed by atoms with Crippen LogP contribution in [0.4, 0.5) is 5.69 Å². The number of hydrogen-bond donors (Lipinski definition) is 0. The average Bonchev–Trinajstić information content (AvgIpc) is 2.62. The van der Waals surface area contributed by atoms with Gasteiger partial charge in [0.15, 0.2) is 0 Å². The van der Waals surface area contributed by atoms with Gasteiger partial charge in [0.1, 0.15) is 0 Å². The number of morpholine rings is 1. The van der Waals surface area contributed by atoms with Gasteiger partial charge in [-0.15, -0.1) is 0 Å². The Morgan fingerprint density at radius 3 is 2.31 bits per heavy atom. The van der Waals surface area contributed by atoms with Gasteiger partial charge in [-0.25, -0.2) is 0 Å². The molecule has 2 aliphatic heterocycles. The SMILES string of the molecule is Cc1cccc(N2CCN([C@@H](C)C(=O)N3C[C@@H](C)O[C@@H](C)C3)CC2)c1C. The Kier molecular flexibility index (Phi) is 5.88. The molecule has 5 nitrogen and oxygen atoms in total. The molecule has 2 heterocycles. The van der Waals surface area contributed by atoms with Crippen molar-refractivity contribution in [2.45, 2.75) is 52.9 Å². The van der Waals surface area contributed by atoms with Crippen molar-refractivity contribution >= 4 is 11.6 Å². The second-order valence-electron chi connectivity index (χ2n) is 7.92. The van der Waals surface area contributed by atoms with E-state index in [1.54, 1.807) is 0 Å². The highest BCUT2D eigenvalue weighted by Crippen LogP contribution is 2.24. The van der Waals surface area contributed by atoms with E-state index in [1.807, 2.05) is 18.7 Å². The average molecular weight is 360 g/mol. The van der Waals surface area contributed by atoms with Crippen LogP contribution in [0.3, 0.4) is 0 Å². The van der Waals surface area contributed by atoms with Gasteiger partial charge < -0.3 is 14.5 Å². The highest BCUT2D eigenvalue weighted by atomic mass is 16.5. The Morgan fingerprint density at radius 2 is 1.69 bits per heavy atom. The zero-order valence-corrected chi connectivity index (χ0v) is 16.9. The van der Waals surface area contributed by atoms with E-state index in [0.29, 0.717) is 13.1 Å². The fraction of sp³-hybridized carbons (Fsp3) is 0.667. The van der Waals surface area contributed by atoms with Crippen molar-refractivity contribution in [3.63, 3.8) is 0 Å². The van der Waals surface area contributed by atoms with Crippen LogP contribution in [-0.2, 0) is 9.53 Å². The largest absolute Gasteiger partial charge is 0.372 e. The smallest absolute Gasteiger partial charge is 0.239 e. The Morgan fingerprint density at radius 1 is 1.08 bits per heavy atom. The number of piperazine rings is 1. The normalized spacial score (nSPS) is 26.0. The lowest BCUT2D eigenvalue weighted by Crippen LogP contribution is -2.57. The highest BCUT2D eigenvalue weighted by molar-refractivity contribution is 5.81. The summed E-state index contributed by atoms with van der Waals surface area (Å²) >= 11 is 0. The van der Waals surface area contributed by atoms with Crippen LogP contribution in [0.2, 0.25) is 0 Å². The molecule has 1 aromatic carbocycles. The molecule has 26 heavy (non-hydrogen) atoms. The molecule has 3 rings (SSSR count). The molecule has 0 unspecified atom stereocenters. The number of ether oxygens (including phenoxy) is 1. The summed E-state index contributed by atoms with van der Waals surface area (Å²) in [6, 6.07) is 6.45. The maximum absolute atomic E-state index is 13.0. The quantitative estimate of drug-likeness (QED) is 0.831. The lowest BCUT2D eigenvalue weighted by atomic mass is 10.1. The first kappa shape index (κ1) is 19.2. The molecule has 0 spiro atoms. The number of amides is 1. The maximum atomic E-state index is 13.0. The monoisotopic (exact) mass is 359 g/mol. The summed E-state index contributed by atoms with van der Waals surface area (Å²) in [4.78, 5) is 19.7. The van der Waals surface area contributed by atoms with Crippen LogP contribution in [0.25, 0.3) is 0 Å². The van der Waals surface area contributed by atoms with Crippen LogP contribution in [0.1, 0.15) is 31.9 Å². The van der Waals surface area contributed by atoms with E-state index in [9.17, 15) is 4.79 Å². The van der Waals surface area contributed by atoms with Crippen molar-refractivity contribution in [3.05, 3.63) is 29.3 Å². The molecule has 0 aliphatic carbocycles. The summed E-state index contributed by atoms with van der Waals surface area (Å²) in [6.45, 7) is 15.7. The van der Waals surface area contributed by atoms with Crippen LogP contribution >= 0.6 is 0 Å². The third kappa shape index (κ3) is 4.04. The Labute approximate surface area is 157 Å². The van der Waals surface area contributed by atoms with Crippen LogP contribution < -0.4 is 4.90 Å². The summed E-state index contributed by atoms with van der Waals surface area (Å²) in [5.41, 5.74) is 4.03. The van der Waals surface area contributed by atoms with Crippen molar-refractivity contribution in [2.24, 2.45) is 0 Å². The number of aryl methyl sites for hydroxylation is 1. The molecule has 1 amide bonds. The predicted octanol–water partition coefficient (Wildman–Crippen LogP) is 2.45. The second-order valence-corrected chi connectivity index (χ2v) is 7.92. The molecule has 2 fully saturated rings. The Balaban J connectivity index is 1.59. The number of benzene rings is 1. The first-order chi connectivity index (χ1) is 12.4. The Bertz CT molecular complexity index is 630. The molecule has 0 radical (unpaired) electrons. The molecule has 0 aromatic heterocycles. The topological polar surface area (TPSA) is 36.0 Å². The Hall–Kier alpha value is -1.59. The highest BCUT2D eigenvalue weighted by Gasteiger charge is 2.32. The summed E-state index contributed by atoms with van der Waals surface area (Å²) in [7, 11) is 0. The van der Waals surface area contributed by atoms with E-state index in [1.165, 1.54) is 16.8 Å². The molecule has 0 N–H and O–H groups in total. The zero-order chi connectivity index (χ0) is 18.8. The van der Waals surface area contributed by atoms with E-state index >= 15 is 0 Å². The number of carbonyl (C=O) groups excluding carboxylic acids is 1. The third-order valence-electron chi connectivity index (χ3n) is 5.87.